The molecule has 6 nitrogen and oxygen atoms in total. The molecule has 0 bridgehead atoms. The maximum atomic E-state index is 13.6. The summed E-state index contributed by atoms with van der Waals surface area (Å²) in [5, 5.41) is 4.04. The third-order valence-corrected chi connectivity index (χ3v) is 5.86. The summed E-state index contributed by atoms with van der Waals surface area (Å²) < 4.78 is 0. The quantitative estimate of drug-likeness (QED) is 0.609. The van der Waals surface area contributed by atoms with E-state index in [1.165, 1.54) is 12.0 Å². The number of nitrogens with two attached hydrogens (primary N) is 1. The number of carbonyl (C=O) groups excluding carboxylic acids is 2. The molecular formula is C26H25N3O3. The molecular weight excluding hydrogens is 402 g/mol. The van der Waals surface area contributed by atoms with Crippen LogP contribution in [0.2, 0.25) is 0 Å². The number of nitrogens with zero attached hydrogens (tertiary/aromatic N) is 2. The van der Waals surface area contributed by atoms with Crippen LogP contribution in [0, 0.1) is 0 Å². The molecule has 0 saturated carbocycles. The number of primary amides is 1. The number of hydrogen-bond acceptors (Lipinski definition) is 4. The van der Waals surface area contributed by atoms with Gasteiger partial charge in [-0.05, 0) is 28.8 Å². The Balaban J connectivity index is 1.69. The van der Waals surface area contributed by atoms with Crippen molar-refractivity contribution in [1.29, 1.82) is 0 Å². The lowest BCUT2D eigenvalue weighted by molar-refractivity contribution is -0.127. The van der Waals surface area contributed by atoms with Crippen LogP contribution >= 0.6 is 0 Å². The fourth-order valence-corrected chi connectivity index (χ4v) is 4.27. The average molecular weight is 428 g/mol. The van der Waals surface area contributed by atoms with Crippen LogP contribution in [-0.4, -0.2) is 41.6 Å². The molecule has 1 aliphatic heterocycles. The summed E-state index contributed by atoms with van der Waals surface area (Å²) in [5.74, 6) is -0.822. The first-order valence-electron chi connectivity index (χ1n) is 10.4. The van der Waals surface area contributed by atoms with E-state index < -0.39 is 11.4 Å². The minimum Gasteiger partial charge on any atom is -0.399 e. The van der Waals surface area contributed by atoms with Crippen molar-refractivity contribution in [1.82, 2.24) is 4.90 Å². The van der Waals surface area contributed by atoms with Crippen LogP contribution in [0.5, 0.6) is 0 Å². The summed E-state index contributed by atoms with van der Waals surface area (Å²) >= 11 is 0. The number of amides is 2. The summed E-state index contributed by atoms with van der Waals surface area (Å²) in [7, 11) is 1.45. The third-order valence-electron chi connectivity index (χ3n) is 5.86. The van der Waals surface area contributed by atoms with Gasteiger partial charge in [-0.2, -0.15) is 0 Å². The number of likely N-dealkylation sites (tertiary alicyclic amines) is 1. The molecule has 32 heavy (non-hydrogen) atoms. The highest BCUT2D eigenvalue weighted by Gasteiger charge is 2.51. The lowest BCUT2D eigenvalue weighted by atomic mass is 9.86. The summed E-state index contributed by atoms with van der Waals surface area (Å²) in [5.41, 5.74) is 8.79. The van der Waals surface area contributed by atoms with Crippen LogP contribution in [0.1, 0.15) is 22.3 Å². The lowest BCUT2D eigenvalue weighted by Crippen LogP contribution is -2.57. The predicted octanol–water partition coefficient (Wildman–Crippen LogP) is 3.67. The second-order valence-electron chi connectivity index (χ2n) is 7.91. The Labute approximate surface area is 187 Å². The molecule has 6 heteroatoms. The van der Waals surface area contributed by atoms with E-state index >= 15 is 0 Å². The van der Waals surface area contributed by atoms with E-state index in [0.29, 0.717) is 17.7 Å². The number of rotatable bonds is 6. The maximum absolute atomic E-state index is 13.6. The molecule has 1 unspecified atom stereocenters. The standard InChI is InChI=1S/C26H25N3O3/c1-32-28-23-17-26(25(27)31,16-19-8-4-2-5-9-19)29(18-23)24(30)22-14-12-21(13-15-22)20-10-6-3-7-11-20/h2-15H,16-18H2,1H3,(H2,27,31). The summed E-state index contributed by atoms with van der Waals surface area (Å²) in [6, 6.07) is 26.9. The van der Waals surface area contributed by atoms with Gasteiger partial charge in [0.15, 0.2) is 0 Å². The number of carbonyl (C=O) groups is 2. The number of benzene rings is 3. The van der Waals surface area contributed by atoms with Crippen LogP contribution in [-0.2, 0) is 16.1 Å². The first kappa shape index (κ1) is 21.3. The molecule has 1 saturated heterocycles. The molecule has 162 valence electrons. The Kier molecular flexibility index (Phi) is 6.03. The van der Waals surface area contributed by atoms with Crippen molar-refractivity contribution in [3.05, 3.63) is 96.1 Å². The first-order chi connectivity index (χ1) is 15.5. The molecule has 0 aromatic heterocycles. The topological polar surface area (TPSA) is 85.0 Å². The normalized spacial score (nSPS) is 19.2. The summed E-state index contributed by atoms with van der Waals surface area (Å²) in [6.07, 6.45) is 0.540. The number of hydrogen-bond donors (Lipinski definition) is 1. The molecule has 0 radical (unpaired) electrons. The molecule has 3 aromatic carbocycles. The third kappa shape index (κ3) is 4.12. The smallest absolute Gasteiger partial charge is 0.255 e. The van der Waals surface area contributed by atoms with Crippen molar-refractivity contribution in [2.45, 2.75) is 18.4 Å². The zero-order valence-electron chi connectivity index (χ0n) is 17.9. The van der Waals surface area contributed by atoms with Gasteiger partial charge in [0.1, 0.15) is 12.6 Å². The zero-order chi connectivity index (χ0) is 22.6. The van der Waals surface area contributed by atoms with Crippen molar-refractivity contribution in [3.63, 3.8) is 0 Å². The Hall–Kier alpha value is -3.93. The molecule has 1 heterocycles. The zero-order valence-corrected chi connectivity index (χ0v) is 17.9. The molecule has 1 fully saturated rings. The number of oxime groups is 1. The largest absolute Gasteiger partial charge is 0.399 e. The molecule has 3 aromatic rings. The van der Waals surface area contributed by atoms with E-state index in [0.717, 1.165) is 16.7 Å². The van der Waals surface area contributed by atoms with Crippen molar-refractivity contribution < 1.29 is 14.4 Å². The van der Waals surface area contributed by atoms with Crippen molar-refractivity contribution in [2.24, 2.45) is 10.9 Å². The van der Waals surface area contributed by atoms with Crippen molar-refractivity contribution >= 4 is 17.5 Å². The summed E-state index contributed by atoms with van der Waals surface area (Å²) in [6.45, 7) is 0.183. The second-order valence-corrected chi connectivity index (χ2v) is 7.91. The SMILES string of the molecule is CON=C1CN(C(=O)c2ccc(-c3ccccc3)cc2)C(Cc2ccccc2)(C(N)=O)C1. The van der Waals surface area contributed by atoms with Crippen LogP contribution in [0.25, 0.3) is 11.1 Å². The first-order valence-corrected chi connectivity index (χ1v) is 10.4. The van der Waals surface area contributed by atoms with Gasteiger partial charge in [0.05, 0.1) is 12.3 Å². The van der Waals surface area contributed by atoms with Gasteiger partial charge in [-0.25, -0.2) is 0 Å². The lowest BCUT2D eigenvalue weighted by Gasteiger charge is -2.35. The van der Waals surface area contributed by atoms with Gasteiger partial charge < -0.3 is 15.5 Å². The Morgan fingerprint density at radius 2 is 1.53 bits per heavy atom. The maximum Gasteiger partial charge on any atom is 0.255 e. The van der Waals surface area contributed by atoms with Gasteiger partial charge in [0.25, 0.3) is 5.91 Å². The molecule has 4 rings (SSSR count). The van der Waals surface area contributed by atoms with E-state index in [-0.39, 0.29) is 18.9 Å². The monoisotopic (exact) mass is 427 g/mol. The van der Waals surface area contributed by atoms with Crippen LogP contribution in [0.15, 0.2) is 90.1 Å². The molecule has 0 aliphatic carbocycles. The predicted molar refractivity (Wildman–Crippen MR) is 124 cm³/mol. The fraction of sp³-hybridized carbons (Fsp3) is 0.192. The van der Waals surface area contributed by atoms with Crippen LogP contribution < -0.4 is 5.73 Å². The van der Waals surface area contributed by atoms with Gasteiger partial charge in [0, 0.05) is 18.4 Å². The molecule has 2 N–H and O–H groups in total. The second kappa shape index (κ2) is 9.06. The molecule has 0 spiro atoms. The highest BCUT2D eigenvalue weighted by molar-refractivity contribution is 6.07. The fourth-order valence-electron chi connectivity index (χ4n) is 4.27. The van der Waals surface area contributed by atoms with E-state index in [1.54, 1.807) is 12.1 Å². The Morgan fingerprint density at radius 1 is 0.938 bits per heavy atom. The Morgan fingerprint density at radius 3 is 2.12 bits per heavy atom. The van der Waals surface area contributed by atoms with E-state index in [1.807, 2.05) is 72.8 Å². The van der Waals surface area contributed by atoms with E-state index in [9.17, 15) is 9.59 Å². The summed E-state index contributed by atoms with van der Waals surface area (Å²) in [4.78, 5) is 32.9. The van der Waals surface area contributed by atoms with Gasteiger partial charge in [-0.15, -0.1) is 0 Å². The van der Waals surface area contributed by atoms with Gasteiger partial charge in [0.2, 0.25) is 5.91 Å². The highest BCUT2D eigenvalue weighted by Crippen LogP contribution is 2.33. The molecule has 2 amide bonds. The minimum atomic E-state index is -1.21. The Bertz CT molecular complexity index is 1130. The van der Waals surface area contributed by atoms with Crippen molar-refractivity contribution in [2.75, 3.05) is 13.7 Å². The van der Waals surface area contributed by atoms with E-state index in [4.69, 9.17) is 10.6 Å². The van der Waals surface area contributed by atoms with Gasteiger partial charge in [-0.3, -0.25) is 9.59 Å². The highest BCUT2D eigenvalue weighted by atomic mass is 16.6. The van der Waals surface area contributed by atoms with E-state index in [2.05, 4.69) is 5.16 Å². The molecule has 1 atom stereocenters. The van der Waals surface area contributed by atoms with Gasteiger partial charge in [-0.1, -0.05) is 78.0 Å². The van der Waals surface area contributed by atoms with Gasteiger partial charge >= 0.3 is 0 Å². The minimum absolute atomic E-state index is 0.183. The average Bonchev–Trinajstić information content (AvgIpc) is 3.19. The molecule has 1 aliphatic rings. The van der Waals surface area contributed by atoms with Crippen LogP contribution in [0.3, 0.4) is 0 Å². The van der Waals surface area contributed by atoms with Crippen molar-refractivity contribution in [3.8, 4) is 11.1 Å². The van der Waals surface area contributed by atoms with Crippen LogP contribution in [0.4, 0.5) is 0 Å².